The Morgan fingerprint density at radius 2 is 1.81 bits per heavy atom. The summed E-state index contributed by atoms with van der Waals surface area (Å²) in [6.45, 7) is 18.5. The summed E-state index contributed by atoms with van der Waals surface area (Å²) < 4.78 is 0. The maximum Gasteiger partial charge on any atom is 0.118 e. The predicted octanol–water partition coefficient (Wildman–Crippen LogP) is 4.03. The summed E-state index contributed by atoms with van der Waals surface area (Å²) in [6.07, 6.45) is 1.96. The fourth-order valence-electron chi connectivity index (χ4n) is 1.75. The summed E-state index contributed by atoms with van der Waals surface area (Å²) in [7, 11) is 0. The first-order chi connectivity index (χ1) is 7.13. The molecule has 92 valence electrons. The lowest BCUT2D eigenvalue weighted by molar-refractivity contribution is -0.368. The van der Waals surface area contributed by atoms with E-state index in [0.717, 1.165) is 24.0 Å². The molecule has 0 spiro atoms. The standard InChI is InChI=1S/C14H24O2/c1-10-11(2)14(6,7)9-8-12(10)15-16-13(3,4)5/h12H,1-2,8-9H2,3-7H3. The van der Waals surface area contributed by atoms with E-state index in [1.165, 1.54) is 0 Å². The molecule has 1 atom stereocenters. The third-order valence-corrected chi connectivity index (χ3v) is 3.04. The van der Waals surface area contributed by atoms with E-state index in [1.54, 1.807) is 0 Å². The van der Waals surface area contributed by atoms with Gasteiger partial charge in [0.1, 0.15) is 6.10 Å². The molecule has 0 bridgehead atoms. The van der Waals surface area contributed by atoms with Gasteiger partial charge in [0.05, 0.1) is 5.60 Å². The summed E-state index contributed by atoms with van der Waals surface area (Å²) >= 11 is 0. The number of rotatable bonds is 2. The second-order valence-electron chi connectivity index (χ2n) is 6.21. The van der Waals surface area contributed by atoms with Gasteiger partial charge in [0.25, 0.3) is 0 Å². The number of hydrogen-bond donors (Lipinski definition) is 0. The minimum Gasteiger partial charge on any atom is -0.230 e. The molecule has 1 aliphatic rings. The van der Waals surface area contributed by atoms with E-state index in [0.29, 0.717) is 0 Å². The molecule has 0 radical (unpaired) electrons. The van der Waals surface area contributed by atoms with E-state index < -0.39 is 0 Å². The van der Waals surface area contributed by atoms with Crippen molar-refractivity contribution in [2.45, 2.75) is 59.2 Å². The van der Waals surface area contributed by atoms with Crippen molar-refractivity contribution < 1.29 is 9.78 Å². The van der Waals surface area contributed by atoms with Gasteiger partial charge in [-0.25, -0.2) is 9.78 Å². The van der Waals surface area contributed by atoms with Gasteiger partial charge in [-0.3, -0.25) is 0 Å². The topological polar surface area (TPSA) is 18.5 Å². The molecule has 0 saturated heterocycles. The van der Waals surface area contributed by atoms with Crippen LogP contribution in [0.3, 0.4) is 0 Å². The van der Waals surface area contributed by atoms with Crippen molar-refractivity contribution in [3.05, 3.63) is 24.3 Å². The highest BCUT2D eigenvalue weighted by atomic mass is 17.2. The van der Waals surface area contributed by atoms with Crippen LogP contribution in [0.1, 0.15) is 47.5 Å². The first-order valence-electron chi connectivity index (χ1n) is 5.86. The van der Waals surface area contributed by atoms with Gasteiger partial charge < -0.3 is 0 Å². The van der Waals surface area contributed by atoms with Crippen LogP contribution in [0, 0.1) is 5.41 Å². The summed E-state index contributed by atoms with van der Waals surface area (Å²) in [5.74, 6) is 0. The molecular formula is C14H24O2. The Labute approximate surface area is 99.3 Å². The van der Waals surface area contributed by atoms with E-state index in [4.69, 9.17) is 9.78 Å². The third-order valence-electron chi connectivity index (χ3n) is 3.04. The van der Waals surface area contributed by atoms with Crippen molar-refractivity contribution in [3.8, 4) is 0 Å². The molecule has 0 aromatic heterocycles. The Morgan fingerprint density at radius 1 is 1.25 bits per heavy atom. The van der Waals surface area contributed by atoms with Crippen LogP contribution in [0.2, 0.25) is 0 Å². The van der Waals surface area contributed by atoms with Crippen molar-refractivity contribution in [2.24, 2.45) is 5.41 Å². The summed E-state index contributed by atoms with van der Waals surface area (Å²) in [5, 5.41) is 0. The monoisotopic (exact) mass is 224 g/mol. The van der Waals surface area contributed by atoms with E-state index in [9.17, 15) is 0 Å². The van der Waals surface area contributed by atoms with Crippen molar-refractivity contribution in [1.82, 2.24) is 0 Å². The molecular weight excluding hydrogens is 200 g/mol. The summed E-state index contributed by atoms with van der Waals surface area (Å²) in [6, 6.07) is 0. The first kappa shape index (κ1) is 13.5. The molecule has 0 aliphatic heterocycles. The molecule has 1 unspecified atom stereocenters. The van der Waals surface area contributed by atoms with Gasteiger partial charge in [-0.15, -0.1) is 0 Å². The van der Waals surface area contributed by atoms with Crippen LogP contribution in [0.5, 0.6) is 0 Å². The molecule has 0 aromatic rings. The highest BCUT2D eigenvalue weighted by molar-refractivity contribution is 5.36. The second kappa shape index (κ2) is 4.34. The smallest absolute Gasteiger partial charge is 0.118 e. The molecule has 2 nitrogen and oxygen atoms in total. The van der Waals surface area contributed by atoms with Crippen LogP contribution in [0.15, 0.2) is 24.3 Å². The van der Waals surface area contributed by atoms with E-state index >= 15 is 0 Å². The van der Waals surface area contributed by atoms with Crippen LogP contribution in [-0.4, -0.2) is 11.7 Å². The van der Waals surface area contributed by atoms with E-state index in [-0.39, 0.29) is 17.1 Å². The molecule has 1 fully saturated rings. The van der Waals surface area contributed by atoms with Crippen molar-refractivity contribution in [3.63, 3.8) is 0 Å². The highest BCUT2D eigenvalue weighted by Crippen LogP contribution is 2.42. The quantitative estimate of drug-likeness (QED) is 0.520. The van der Waals surface area contributed by atoms with Gasteiger partial charge in [0, 0.05) is 0 Å². The molecule has 0 amide bonds. The lowest BCUT2D eigenvalue weighted by atomic mass is 9.71. The zero-order valence-electron chi connectivity index (χ0n) is 11.2. The molecule has 2 heteroatoms. The SMILES string of the molecule is C=C1C(=C)C(C)(C)CCC1OOC(C)(C)C. The Morgan fingerprint density at radius 3 is 2.31 bits per heavy atom. The van der Waals surface area contributed by atoms with Crippen LogP contribution >= 0.6 is 0 Å². The van der Waals surface area contributed by atoms with Gasteiger partial charge in [0.15, 0.2) is 0 Å². The van der Waals surface area contributed by atoms with Gasteiger partial charge in [-0.2, -0.15) is 0 Å². The summed E-state index contributed by atoms with van der Waals surface area (Å²) in [4.78, 5) is 10.8. The second-order valence-corrected chi connectivity index (χ2v) is 6.21. The van der Waals surface area contributed by atoms with Crippen molar-refractivity contribution >= 4 is 0 Å². The van der Waals surface area contributed by atoms with Crippen LogP contribution in [0.4, 0.5) is 0 Å². The van der Waals surface area contributed by atoms with E-state index in [1.807, 2.05) is 20.8 Å². The fourth-order valence-corrected chi connectivity index (χ4v) is 1.75. The Hall–Kier alpha value is -0.600. The molecule has 1 saturated carbocycles. The molecule has 0 aromatic carbocycles. The van der Waals surface area contributed by atoms with Crippen molar-refractivity contribution in [1.29, 1.82) is 0 Å². The molecule has 1 rings (SSSR count). The maximum absolute atomic E-state index is 5.46. The molecule has 16 heavy (non-hydrogen) atoms. The summed E-state index contributed by atoms with van der Waals surface area (Å²) in [5.41, 5.74) is 1.91. The minimum atomic E-state index is -0.283. The van der Waals surface area contributed by atoms with Gasteiger partial charge in [-0.05, 0) is 50.2 Å². The first-order valence-corrected chi connectivity index (χ1v) is 5.86. The minimum absolute atomic E-state index is 0.0419. The fraction of sp³-hybridized carbons (Fsp3) is 0.714. The lowest BCUT2D eigenvalue weighted by Crippen LogP contribution is -2.33. The van der Waals surface area contributed by atoms with Crippen LogP contribution in [0.25, 0.3) is 0 Å². The average Bonchev–Trinajstić information content (AvgIpc) is 2.12. The number of hydrogen-bond acceptors (Lipinski definition) is 2. The normalized spacial score (nSPS) is 25.9. The Bertz CT molecular complexity index is 294. The zero-order chi connectivity index (χ0) is 12.6. The van der Waals surface area contributed by atoms with Crippen LogP contribution < -0.4 is 0 Å². The van der Waals surface area contributed by atoms with Gasteiger partial charge in [0.2, 0.25) is 0 Å². The predicted molar refractivity (Wildman–Crippen MR) is 67.0 cm³/mol. The lowest BCUT2D eigenvalue weighted by Gasteiger charge is -2.38. The van der Waals surface area contributed by atoms with Crippen LogP contribution in [-0.2, 0) is 9.78 Å². The Kier molecular flexibility index (Phi) is 3.65. The Balaban J connectivity index is 2.60. The van der Waals surface area contributed by atoms with E-state index in [2.05, 4.69) is 27.0 Å². The third kappa shape index (κ3) is 3.19. The molecule has 1 aliphatic carbocycles. The molecule has 0 heterocycles. The maximum atomic E-state index is 5.46. The molecule has 0 N–H and O–H groups in total. The van der Waals surface area contributed by atoms with Crippen molar-refractivity contribution in [2.75, 3.05) is 0 Å². The van der Waals surface area contributed by atoms with Gasteiger partial charge in [-0.1, -0.05) is 27.0 Å². The average molecular weight is 224 g/mol. The highest BCUT2D eigenvalue weighted by Gasteiger charge is 2.34. The van der Waals surface area contributed by atoms with Gasteiger partial charge >= 0.3 is 0 Å². The largest absolute Gasteiger partial charge is 0.230 e. The zero-order valence-corrected chi connectivity index (χ0v) is 11.2.